The van der Waals surface area contributed by atoms with E-state index in [1.54, 1.807) is 0 Å². The summed E-state index contributed by atoms with van der Waals surface area (Å²) in [5, 5.41) is 28.6. The van der Waals surface area contributed by atoms with E-state index < -0.39 is 0 Å². The lowest BCUT2D eigenvalue weighted by atomic mass is 9.91. The number of hydrogen-bond acceptors (Lipinski definition) is 4. The predicted octanol–water partition coefficient (Wildman–Crippen LogP) is 1.99. The molecule has 0 heterocycles. The highest BCUT2D eigenvalue weighted by molar-refractivity contribution is 5.50. The summed E-state index contributed by atoms with van der Waals surface area (Å²) in [6.45, 7) is 0. The van der Waals surface area contributed by atoms with E-state index >= 15 is 0 Å². The molecule has 0 bridgehead atoms. The van der Waals surface area contributed by atoms with Crippen LogP contribution in [0, 0.1) is 5.92 Å². The van der Waals surface area contributed by atoms with Crippen LogP contribution in [0.5, 0.6) is 17.2 Å². The molecule has 5 N–H and O–H groups in total. The molecule has 1 aliphatic carbocycles. The van der Waals surface area contributed by atoms with Crippen LogP contribution < -0.4 is 5.73 Å². The van der Waals surface area contributed by atoms with E-state index in [1.165, 1.54) is 12.1 Å². The lowest BCUT2D eigenvalue weighted by molar-refractivity contribution is 0.379. The highest BCUT2D eigenvalue weighted by Crippen LogP contribution is 2.42. The Morgan fingerprint density at radius 3 is 2.06 bits per heavy atom. The Kier molecular flexibility index (Phi) is 2.92. The quantitative estimate of drug-likeness (QED) is 0.617. The normalized spacial score (nSPS) is 18.8. The second-order valence-corrected chi connectivity index (χ2v) is 4.47. The van der Waals surface area contributed by atoms with Crippen LogP contribution in [0.3, 0.4) is 0 Å². The first kappa shape index (κ1) is 11.1. The van der Waals surface area contributed by atoms with Crippen molar-refractivity contribution in [1.29, 1.82) is 0 Å². The zero-order valence-electron chi connectivity index (χ0n) is 9.06. The van der Waals surface area contributed by atoms with Crippen LogP contribution in [0.25, 0.3) is 0 Å². The minimum absolute atomic E-state index is 0.128. The van der Waals surface area contributed by atoms with Gasteiger partial charge in [-0.25, -0.2) is 0 Å². The molecule has 0 unspecified atom stereocenters. The van der Waals surface area contributed by atoms with Crippen LogP contribution in [0.4, 0.5) is 0 Å². The maximum atomic E-state index is 9.70. The molecule has 1 saturated carbocycles. The van der Waals surface area contributed by atoms with Crippen molar-refractivity contribution in [3.8, 4) is 17.2 Å². The summed E-state index contributed by atoms with van der Waals surface area (Å²) in [6, 6.07) is 2.07. The molecule has 2 rings (SSSR count). The van der Waals surface area contributed by atoms with Crippen LogP contribution in [0.1, 0.15) is 37.3 Å². The van der Waals surface area contributed by atoms with Crippen molar-refractivity contribution in [2.45, 2.75) is 31.7 Å². The Hall–Kier alpha value is -1.42. The molecule has 1 aliphatic rings. The largest absolute Gasteiger partial charge is 0.508 e. The number of rotatable bonds is 2. The third-order valence-corrected chi connectivity index (χ3v) is 3.36. The van der Waals surface area contributed by atoms with Crippen molar-refractivity contribution in [1.82, 2.24) is 0 Å². The van der Waals surface area contributed by atoms with Gasteiger partial charge in [-0.3, -0.25) is 0 Å². The lowest BCUT2D eigenvalue weighted by Gasteiger charge is -2.21. The van der Waals surface area contributed by atoms with Crippen molar-refractivity contribution in [3.63, 3.8) is 0 Å². The molecule has 1 aromatic rings. The Morgan fingerprint density at radius 1 is 1.06 bits per heavy atom. The van der Waals surface area contributed by atoms with Crippen LogP contribution in [0.2, 0.25) is 0 Å². The molecule has 4 nitrogen and oxygen atoms in total. The molecule has 0 aliphatic heterocycles. The van der Waals surface area contributed by atoms with Crippen LogP contribution >= 0.6 is 0 Å². The van der Waals surface area contributed by atoms with Gasteiger partial charge in [0.1, 0.15) is 17.2 Å². The van der Waals surface area contributed by atoms with Crippen LogP contribution in [0.15, 0.2) is 12.1 Å². The molecule has 1 fully saturated rings. The summed E-state index contributed by atoms with van der Waals surface area (Å²) in [4.78, 5) is 0. The average Bonchev–Trinajstić information content (AvgIpc) is 2.67. The van der Waals surface area contributed by atoms with E-state index in [4.69, 9.17) is 5.73 Å². The van der Waals surface area contributed by atoms with Gasteiger partial charge in [-0.1, -0.05) is 12.8 Å². The molecule has 0 radical (unpaired) electrons. The van der Waals surface area contributed by atoms with Gasteiger partial charge in [0, 0.05) is 18.2 Å². The van der Waals surface area contributed by atoms with Crippen molar-refractivity contribution in [3.05, 3.63) is 17.7 Å². The Bertz CT molecular complexity index is 363. The molecule has 0 amide bonds. The minimum Gasteiger partial charge on any atom is -0.508 e. The molecule has 0 spiro atoms. The van der Waals surface area contributed by atoms with Gasteiger partial charge < -0.3 is 21.1 Å². The smallest absolute Gasteiger partial charge is 0.127 e. The van der Waals surface area contributed by atoms with Crippen molar-refractivity contribution >= 4 is 0 Å². The molecule has 1 atom stereocenters. The van der Waals surface area contributed by atoms with E-state index in [1.807, 2.05) is 0 Å². The SMILES string of the molecule is N[C@@H](c1c(O)cc(O)cc1O)C1CCCC1. The van der Waals surface area contributed by atoms with E-state index in [2.05, 4.69) is 0 Å². The van der Waals surface area contributed by atoms with Gasteiger partial charge in [0.05, 0.1) is 5.56 Å². The fourth-order valence-corrected chi connectivity index (χ4v) is 2.50. The number of phenols is 3. The summed E-state index contributed by atoms with van der Waals surface area (Å²) in [5.41, 5.74) is 6.40. The summed E-state index contributed by atoms with van der Waals surface area (Å²) in [6.07, 6.45) is 4.36. The van der Waals surface area contributed by atoms with E-state index in [0.717, 1.165) is 25.7 Å². The monoisotopic (exact) mass is 223 g/mol. The van der Waals surface area contributed by atoms with Crippen molar-refractivity contribution < 1.29 is 15.3 Å². The number of nitrogens with two attached hydrogens (primary N) is 1. The minimum atomic E-state index is -0.358. The topological polar surface area (TPSA) is 86.7 Å². The Labute approximate surface area is 94.3 Å². The molecule has 0 saturated heterocycles. The van der Waals surface area contributed by atoms with Crippen molar-refractivity contribution in [2.24, 2.45) is 11.7 Å². The van der Waals surface area contributed by atoms with Gasteiger partial charge in [-0.15, -0.1) is 0 Å². The summed E-state index contributed by atoms with van der Waals surface area (Å²) >= 11 is 0. The van der Waals surface area contributed by atoms with Gasteiger partial charge in [-0.2, -0.15) is 0 Å². The number of aromatic hydroxyl groups is 3. The standard InChI is InChI=1S/C12H17NO3/c13-12(7-3-1-2-4-7)11-9(15)5-8(14)6-10(11)16/h5-7,12,14-16H,1-4,13H2/t12-/m1/s1. The molecular formula is C12H17NO3. The fourth-order valence-electron chi connectivity index (χ4n) is 2.50. The lowest BCUT2D eigenvalue weighted by Crippen LogP contribution is -2.19. The highest BCUT2D eigenvalue weighted by atomic mass is 16.3. The van der Waals surface area contributed by atoms with Crippen LogP contribution in [-0.4, -0.2) is 15.3 Å². The maximum Gasteiger partial charge on any atom is 0.127 e. The second-order valence-electron chi connectivity index (χ2n) is 4.47. The van der Waals surface area contributed by atoms with Gasteiger partial charge in [0.2, 0.25) is 0 Å². The van der Waals surface area contributed by atoms with Gasteiger partial charge in [-0.05, 0) is 18.8 Å². The third-order valence-electron chi connectivity index (χ3n) is 3.36. The fraction of sp³-hybridized carbons (Fsp3) is 0.500. The van der Waals surface area contributed by atoms with Crippen LogP contribution in [-0.2, 0) is 0 Å². The maximum absolute atomic E-state index is 9.70. The zero-order valence-corrected chi connectivity index (χ0v) is 9.06. The number of hydrogen-bond donors (Lipinski definition) is 4. The molecule has 0 aromatic heterocycles. The van der Waals surface area contributed by atoms with E-state index in [9.17, 15) is 15.3 Å². The first-order valence-corrected chi connectivity index (χ1v) is 5.60. The number of phenolic OH excluding ortho intramolecular Hbond substituents is 3. The second kappa shape index (κ2) is 4.22. The summed E-state index contributed by atoms with van der Waals surface area (Å²) < 4.78 is 0. The Balaban J connectivity index is 2.31. The van der Waals surface area contributed by atoms with E-state index in [-0.39, 0.29) is 23.3 Å². The molecule has 16 heavy (non-hydrogen) atoms. The predicted molar refractivity (Wildman–Crippen MR) is 60.3 cm³/mol. The van der Waals surface area contributed by atoms with Gasteiger partial charge in [0.25, 0.3) is 0 Å². The number of benzene rings is 1. The van der Waals surface area contributed by atoms with Gasteiger partial charge >= 0.3 is 0 Å². The third kappa shape index (κ3) is 1.93. The first-order valence-electron chi connectivity index (χ1n) is 5.60. The molecular weight excluding hydrogens is 206 g/mol. The first-order chi connectivity index (χ1) is 7.59. The molecule has 4 heteroatoms. The van der Waals surface area contributed by atoms with E-state index in [0.29, 0.717) is 11.5 Å². The summed E-state index contributed by atoms with van der Waals surface area (Å²) in [7, 11) is 0. The average molecular weight is 223 g/mol. The molecule has 1 aromatic carbocycles. The Morgan fingerprint density at radius 2 is 1.56 bits per heavy atom. The van der Waals surface area contributed by atoms with Crippen molar-refractivity contribution in [2.75, 3.05) is 0 Å². The molecule has 88 valence electrons. The highest BCUT2D eigenvalue weighted by Gasteiger charge is 2.27. The zero-order chi connectivity index (χ0) is 11.7. The summed E-state index contributed by atoms with van der Waals surface area (Å²) in [5.74, 6) is -0.104. The van der Waals surface area contributed by atoms with Gasteiger partial charge in [0.15, 0.2) is 0 Å².